The molecule has 2 aliphatic heterocycles. The minimum absolute atomic E-state index is 0.118. The van der Waals surface area contributed by atoms with Crippen molar-refractivity contribution in [3.05, 3.63) is 71.8 Å². The number of nitrogens with zero attached hydrogens (tertiary/aromatic N) is 4. The Balaban J connectivity index is 1.36. The Kier molecular flexibility index (Phi) is 18.1. The van der Waals surface area contributed by atoms with Crippen LogP contribution >= 0.6 is 0 Å². The highest BCUT2D eigenvalue weighted by atomic mass is 16.2. The average Bonchev–Trinajstić information content (AvgIpc) is 3.94. The molecule has 0 aliphatic carbocycles. The van der Waals surface area contributed by atoms with Crippen LogP contribution in [-0.2, 0) is 41.9 Å². The lowest BCUT2D eigenvalue weighted by Gasteiger charge is -2.32. The lowest BCUT2D eigenvalue weighted by Crippen LogP contribution is -2.55. The summed E-state index contributed by atoms with van der Waals surface area (Å²) in [6.07, 6.45) is 6.03. The van der Waals surface area contributed by atoms with E-state index in [2.05, 4.69) is 21.3 Å². The molecule has 2 aromatic rings. The summed E-state index contributed by atoms with van der Waals surface area (Å²) in [7, 11) is 6.88. The van der Waals surface area contributed by atoms with Gasteiger partial charge in [0, 0.05) is 40.3 Å². The van der Waals surface area contributed by atoms with Gasteiger partial charge in [0.1, 0.15) is 24.2 Å². The molecule has 14 heteroatoms. The number of hydrogen-bond acceptors (Lipinski definition) is 8. The molecular weight excluding hydrogens is 737 g/mol. The Morgan fingerprint density at radius 1 is 0.603 bits per heavy atom. The van der Waals surface area contributed by atoms with Gasteiger partial charge in [0.25, 0.3) is 0 Å². The third-order valence-electron chi connectivity index (χ3n) is 11.5. The Bertz CT molecular complexity index is 1540. The van der Waals surface area contributed by atoms with E-state index in [0.717, 1.165) is 24.0 Å². The summed E-state index contributed by atoms with van der Waals surface area (Å²) >= 11 is 0. The van der Waals surface area contributed by atoms with Crippen LogP contribution in [0.25, 0.3) is 0 Å². The number of hydrogen-bond donors (Lipinski definition) is 4. The molecule has 14 nitrogen and oxygen atoms in total. The Hall–Kier alpha value is -4.82. The lowest BCUT2D eigenvalue weighted by atomic mass is 10.0. The molecule has 2 fully saturated rings. The first-order chi connectivity index (χ1) is 27.9. The molecule has 0 bridgehead atoms. The van der Waals surface area contributed by atoms with E-state index < -0.39 is 36.3 Å². The van der Waals surface area contributed by atoms with E-state index in [4.69, 9.17) is 0 Å². The summed E-state index contributed by atoms with van der Waals surface area (Å²) in [5.74, 6) is -1.32. The number of likely N-dealkylation sites (N-methyl/N-ethyl adjacent to an activating group) is 4. The van der Waals surface area contributed by atoms with Crippen LogP contribution in [0.2, 0.25) is 0 Å². The Morgan fingerprint density at radius 3 is 1.31 bits per heavy atom. The van der Waals surface area contributed by atoms with E-state index in [0.29, 0.717) is 77.5 Å². The van der Waals surface area contributed by atoms with Crippen LogP contribution in [0.5, 0.6) is 0 Å². The van der Waals surface area contributed by atoms with Gasteiger partial charge in [0.05, 0.1) is 12.1 Å². The maximum Gasteiger partial charge on any atom is 0.245 e. The number of carbonyl (C=O) groups is 6. The normalized spacial score (nSPS) is 18.5. The second-order valence-electron chi connectivity index (χ2n) is 15.9. The molecule has 2 saturated heterocycles. The first-order valence-electron chi connectivity index (χ1n) is 21.0. The van der Waals surface area contributed by atoms with Crippen LogP contribution in [0.4, 0.5) is 0 Å². The van der Waals surface area contributed by atoms with Crippen molar-refractivity contribution in [2.45, 2.75) is 127 Å². The predicted octanol–water partition coefficient (Wildman–Crippen LogP) is 2.81. The van der Waals surface area contributed by atoms with E-state index in [1.54, 1.807) is 61.6 Å². The Labute approximate surface area is 344 Å². The molecule has 0 unspecified atom stereocenters. The molecule has 4 rings (SSSR count). The fourth-order valence-corrected chi connectivity index (χ4v) is 7.77. The zero-order valence-electron chi connectivity index (χ0n) is 35.4. The van der Waals surface area contributed by atoms with Gasteiger partial charge < -0.3 is 40.9 Å². The smallest absolute Gasteiger partial charge is 0.245 e. The van der Waals surface area contributed by atoms with Crippen LogP contribution < -0.4 is 21.3 Å². The standard InChI is InChI=1S/C44H66N8O6/c1-31(45-3)39(53)47-35(41(55)51-27-17-25-37(51)43(57)49(5)29-33-19-11-9-12-20-33)23-15-7-8-16-24-36(48-40(54)32(2)46-4)42(56)52-28-18-26-38(52)44(58)50(6)30-34-21-13-10-14-22-34/h9-14,19-22,31-32,35-38,45-46H,7-8,15-18,23-30H2,1-6H3,(H,47,53)(H,48,54)/t31-,32-,35-,36-,37-,38-/m0/s1. The van der Waals surface area contributed by atoms with E-state index >= 15 is 0 Å². The predicted molar refractivity (Wildman–Crippen MR) is 224 cm³/mol. The molecule has 4 N–H and O–H groups in total. The molecular formula is C44H66N8O6. The molecule has 0 saturated carbocycles. The number of amides is 6. The van der Waals surface area contributed by atoms with E-state index in [1.165, 1.54) is 0 Å². The fourth-order valence-electron chi connectivity index (χ4n) is 7.77. The second kappa shape index (κ2) is 22.9. The summed E-state index contributed by atoms with van der Waals surface area (Å²) in [5, 5.41) is 11.8. The minimum atomic E-state index is -0.794. The summed E-state index contributed by atoms with van der Waals surface area (Å²) in [6.45, 7) is 5.23. The summed E-state index contributed by atoms with van der Waals surface area (Å²) in [4.78, 5) is 88.1. The van der Waals surface area contributed by atoms with Gasteiger partial charge in [0.15, 0.2) is 0 Å². The summed E-state index contributed by atoms with van der Waals surface area (Å²) < 4.78 is 0. The zero-order chi connectivity index (χ0) is 42.2. The summed E-state index contributed by atoms with van der Waals surface area (Å²) in [6, 6.07) is 15.7. The number of rotatable bonds is 21. The van der Waals surface area contributed by atoms with Crippen LogP contribution in [0.1, 0.15) is 89.2 Å². The molecule has 6 atom stereocenters. The van der Waals surface area contributed by atoms with Gasteiger partial charge in [0.2, 0.25) is 35.4 Å². The third kappa shape index (κ3) is 12.8. The van der Waals surface area contributed by atoms with Gasteiger partial charge in [-0.2, -0.15) is 0 Å². The molecule has 2 heterocycles. The molecule has 0 radical (unpaired) electrons. The van der Waals surface area contributed by atoms with Crippen LogP contribution in [0.3, 0.4) is 0 Å². The first kappa shape index (κ1) is 45.9. The van der Waals surface area contributed by atoms with Gasteiger partial charge in [-0.25, -0.2) is 0 Å². The van der Waals surface area contributed by atoms with Gasteiger partial charge in [-0.3, -0.25) is 28.8 Å². The highest BCUT2D eigenvalue weighted by Gasteiger charge is 2.40. The lowest BCUT2D eigenvalue weighted by molar-refractivity contribution is -0.145. The molecule has 0 spiro atoms. The number of benzene rings is 2. The SMILES string of the molecule is CN[C@@H](C)C(=O)N[C@@H](CCCCCC[C@H](NC(=O)[C@H](C)NC)C(=O)N1CCC[C@H]1C(=O)N(C)Cc1ccccc1)C(=O)N1CCC[C@H]1C(=O)N(C)Cc1ccccc1. The van der Waals surface area contributed by atoms with E-state index in [9.17, 15) is 28.8 Å². The van der Waals surface area contributed by atoms with E-state index in [-0.39, 0.29) is 35.4 Å². The van der Waals surface area contributed by atoms with Gasteiger partial charge in [-0.1, -0.05) is 86.3 Å². The average molecular weight is 803 g/mol. The quantitative estimate of drug-likeness (QED) is 0.140. The molecule has 6 amide bonds. The van der Waals surface area contributed by atoms with Crippen LogP contribution in [0.15, 0.2) is 60.7 Å². The van der Waals surface area contributed by atoms with Crippen molar-refractivity contribution in [3.8, 4) is 0 Å². The van der Waals surface area contributed by atoms with Gasteiger partial charge in [-0.15, -0.1) is 0 Å². The molecule has 318 valence electrons. The zero-order valence-corrected chi connectivity index (χ0v) is 35.4. The Morgan fingerprint density at radius 2 is 0.966 bits per heavy atom. The summed E-state index contributed by atoms with van der Waals surface area (Å²) in [5.41, 5.74) is 2.01. The molecule has 0 aromatic heterocycles. The van der Waals surface area contributed by atoms with Crippen molar-refractivity contribution < 1.29 is 28.8 Å². The molecule has 2 aromatic carbocycles. The van der Waals surface area contributed by atoms with Crippen molar-refractivity contribution in [1.29, 1.82) is 0 Å². The maximum absolute atomic E-state index is 14.1. The van der Waals surface area contributed by atoms with Gasteiger partial charge in [-0.05, 0) is 77.6 Å². The number of likely N-dealkylation sites (tertiary alicyclic amines) is 2. The monoisotopic (exact) mass is 803 g/mol. The molecule has 2 aliphatic rings. The number of carbonyl (C=O) groups excluding carboxylic acids is 6. The maximum atomic E-state index is 14.1. The first-order valence-corrected chi connectivity index (χ1v) is 21.0. The second-order valence-corrected chi connectivity index (χ2v) is 15.9. The minimum Gasteiger partial charge on any atom is -0.343 e. The van der Waals surface area contributed by atoms with Crippen molar-refractivity contribution >= 4 is 35.4 Å². The van der Waals surface area contributed by atoms with Crippen LogP contribution in [0, 0.1) is 0 Å². The van der Waals surface area contributed by atoms with Gasteiger partial charge >= 0.3 is 0 Å². The highest BCUT2D eigenvalue weighted by molar-refractivity contribution is 5.94. The fraction of sp³-hybridized carbons (Fsp3) is 0.591. The molecule has 58 heavy (non-hydrogen) atoms. The number of nitrogens with one attached hydrogen (secondary N) is 4. The van der Waals surface area contributed by atoms with Crippen molar-refractivity contribution in [2.75, 3.05) is 41.3 Å². The van der Waals surface area contributed by atoms with Crippen LogP contribution in [-0.4, -0.2) is 133 Å². The van der Waals surface area contributed by atoms with Crippen molar-refractivity contribution in [2.24, 2.45) is 0 Å². The highest BCUT2D eigenvalue weighted by Crippen LogP contribution is 2.24. The largest absolute Gasteiger partial charge is 0.343 e. The van der Waals surface area contributed by atoms with E-state index in [1.807, 2.05) is 60.7 Å². The topological polar surface area (TPSA) is 164 Å². The van der Waals surface area contributed by atoms with Crippen molar-refractivity contribution in [1.82, 2.24) is 40.9 Å². The van der Waals surface area contributed by atoms with Crippen molar-refractivity contribution in [3.63, 3.8) is 0 Å². The number of unbranched alkanes of at least 4 members (excludes halogenated alkanes) is 3. The third-order valence-corrected chi connectivity index (χ3v) is 11.5.